The Balaban J connectivity index is 2.58. The van der Waals surface area contributed by atoms with E-state index in [9.17, 15) is 14.4 Å². The molecule has 1 saturated heterocycles. The number of hydrogen-bond acceptors (Lipinski definition) is 3. The molecule has 19 heavy (non-hydrogen) atoms. The van der Waals surface area contributed by atoms with Crippen molar-refractivity contribution in [2.75, 3.05) is 7.05 Å². The molecule has 4 amide bonds. The normalized spacial score (nSPS) is 23.5. The highest BCUT2D eigenvalue weighted by Crippen LogP contribution is 2.34. The number of nitrogens with one attached hydrogen (secondary N) is 1. The minimum atomic E-state index is -1.29. The number of carbonyl (C=O) groups is 3. The molecule has 0 saturated carbocycles. The van der Waals surface area contributed by atoms with Crippen LogP contribution in [0.25, 0.3) is 0 Å². The van der Waals surface area contributed by atoms with Gasteiger partial charge in [-0.25, -0.2) is 4.79 Å². The monoisotopic (exact) mass is 260 g/mol. The molecular formula is C14H16N2O3. The average Bonchev–Trinajstić information content (AvgIpc) is 2.42. The molecule has 1 aliphatic rings. The molecule has 0 radical (unpaired) electrons. The minimum absolute atomic E-state index is 0.374. The largest absolute Gasteiger partial charge is 0.330 e. The van der Waals surface area contributed by atoms with Crippen LogP contribution in [0.15, 0.2) is 30.3 Å². The third-order valence-electron chi connectivity index (χ3n) is 3.47. The Kier molecular flexibility index (Phi) is 3.38. The molecule has 0 aromatic heterocycles. The molecule has 0 bridgehead atoms. The molecule has 1 aliphatic heterocycles. The van der Waals surface area contributed by atoms with Gasteiger partial charge >= 0.3 is 6.03 Å². The molecule has 100 valence electrons. The zero-order valence-electron chi connectivity index (χ0n) is 11.0. The third-order valence-corrected chi connectivity index (χ3v) is 3.47. The first-order valence-corrected chi connectivity index (χ1v) is 6.23. The molecule has 1 N–H and O–H groups in total. The fourth-order valence-electron chi connectivity index (χ4n) is 2.48. The summed E-state index contributed by atoms with van der Waals surface area (Å²) in [4.78, 5) is 37.3. The van der Waals surface area contributed by atoms with Crippen LogP contribution in [0.2, 0.25) is 0 Å². The van der Waals surface area contributed by atoms with E-state index in [-0.39, 0.29) is 0 Å². The van der Waals surface area contributed by atoms with Crippen molar-refractivity contribution in [1.82, 2.24) is 10.2 Å². The summed E-state index contributed by atoms with van der Waals surface area (Å²) < 4.78 is 0. The van der Waals surface area contributed by atoms with Gasteiger partial charge in [-0.05, 0) is 12.0 Å². The maximum atomic E-state index is 12.5. The zero-order chi connectivity index (χ0) is 14.0. The van der Waals surface area contributed by atoms with Crippen LogP contribution in [0.4, 0.5) is 4.79 Å². The number of benzene rings is 1. The molecule has 0 spiro atoms. The van der Waals surface area contributed by atoms with Crippen molar-refractivity contribution in [2.24, 2.45) is 0 Å². The standard InChI is InChI=1S/C14H16N2O3/c1-3-9-14(10-7-5-4-6-8-10)11(17)15-13(19)16(2)12(14)18/h4-8H,3,9H2,1-2H3,(H,15,17,19)/t14-/m1/s1. The number of carbonyl (C=O) groups excluding carboxylic acids is 3. The van der Waals surface area contributed by atoms with E-state index in [0.717, 1.165) is 4.90 Å². The SMILES string of the molecule is CCC[C@@]1(c2ccccc2)C(=O)NC(=O)N(C)C1=O. The van der Waals surface area contributed by atoms with Gasteiger partial charge in [0.05, 0.1) is 0 Å². The first kappa shape index (κ1) is 13.3. The summed E-state index contributed by atoms with van der Waals surface area (Å²) in [6.45, 7) is 1.90. The van der Waals surface area contributed by atoms with Crippen LogP contribution in [0.5, 0.6) is 0 Å². The number of imide groups is 2. The lowest BCUT2D eigenvalue weighted by Gasteiger charge is -2.38. The van der Waals surface area contributed by atoms with Gasteiger partial charge < -0.3 is 0 Å². The molecule has 0 aliphatic carbocycles. The summed E-state index contributed by atoms with van der Waals surface area (Å²) in [6.07, 6.45) is 1.04. The second-order valence-corrected chi connectivity index (χ2v) is 4.64. The van der Waals surface area contributed by atoms with Gasteiger partial charge in [0.2, 0.25) is 5.91 Å². The molecule has 1 atom stereocenters. The van der Waals surface area contributed by atoms with Gasteiger partial charge in [-0.2, -0.15) is 0 Å². The predicted molar refractivity (Wildman–Crippen MR) is 69.3 cm³/mol. The van der Waals surface area contributed by atoms with E-state index >= 15 is 0 Å². The van der Waals surface area contributed by atoms with Crippen LogP contribution >= 0.6 is 0 Å². The van der Waals surface area contributed by atoms with Crippen molar-refractivity contribution in [3.8, 4) is 0 Å². The van der Waals surface area contributed by atoms with Gasteiger partial charge in [0, 0.05) is 7.05 Å². The van der Waals surface area contributed by atoms with Crippen molar-refractivity contribution in [3.05, 3.63) is 35.9 Å². The molecule has 0 unspecified atom stereocenters. The fraction of sp³-hybridized carbons (Fsp3) is 0.357. The topological polar surface area (TPSA) is 66.5 Å². The Bertz CT molecular complexity index is 527. The van der Waals surface area contributed by atoms with Crippen LogP contribution in [-0.4, -0.2) is 29.8 Å². The van der Waals surface area contributed by atoms with Crippen LogP contribution in [0.1, 0.15) is 25.3 Å². The molecule has 2 rings (SSSR count). The lowest BCUT2D eigenvalue weighted by atomic mass is 9.73. The maximum Gasteiger partial charge on any atom is 0.330 e. The molecule has 1 aromatic rings. The summed E-state index contributed by atoms with van der Waals surface area (Å²) in [6, 6.07) is 8.21. The van der Waals surface area contributed by atoms with E-state index in [2.05, 4.69) is 5.32 Å². The van der Waals surface area contributed by atoms with Gasteiger partial charge in [0.15, 0.2) is 5.41 Å². The summed E-state index contributed by atoms with van der Waals surface area (Å²) in [5.41, 5.74) is -0.669. The Morgan fingerprint density at radius 1 is 1.16 bits per heavy atom. The van der Waals surface area contributed by atoms with Crippen molar-refractivity contribution in [1.29, 1.82) is 0 Å². The number of nitrogens with zero attached hydrogens (tertiary/aromatic N) is 1. The zero-order valence-corrected chi connectivity index (χ0v) is 11.0. The molecule has 1 heterocycles. The summed E-state index contributed by atoms with van der Waals surface area (Å²) >= 11 is 0. The maximum absolute atomic E-state index is 12.5. The van der Waals surface area contributed by atoms with E-state index in [1.54, 1.807) is 24.3 Å². The number of hydrogen-bond donors (Lipinski definition) is 1. The predicted octanol–water partition coefficient (Wildman–Crippen LogP) is 1.43. The van der Waals surface area contributed by atoms with Gasteiger partial charge in [-0.1, -0.05) is 43.7 Å². The number of likely N-dealkylation sites (N-methyl/N-ethyl adjacent to an activating group) is 1. The summed E-state index contributed by atoms with van der Waals surface area (Å²) in [7, 11) is 1.39. The van der Waals surface area contributed by atoms with Gasteiger partial charge in [-0.15, -0.1) is 0 Å². The summed E-state index contributed by atoms with van der Waals surface area (Å²) in [5.74, 6) is -0.997. The summed E-state index contributed by atoms with van der Waals surface area (Å²) in [5, 5.41) is 2.26. The molecular weight excluding hydrogens is 244 g/mol. The molecule has 1 fully saturated rings. The number of barbiturate groups is 1. The van der Waals surface area contributed by atoms with E-state index in [0.29, 0.717) is 18.4 Å². The van der Waals surface area contributed by atoms with Gasteiger partial charge in [-0.3, -0.25) is 19.8 Å². The molecule has 5 nitrogen and oxygen atoms in total. The highest BCUT2D eigenvalue weighted by Gasteiger charge is 2.53. The van der Waals surface area contributed by atoms with Crippen LogP contribution in [-0.2, 0) is 15.0 Å². The molecule has 1 aromatic carbocycles. The van der Waals surface area contributed by atoms with E-state index in [1.165, 1.54) is 7.05 Å². The van der Waals surface area contributed by atoms with E-state index in [4.69, 9.17) is 0 Å². The van der Waals surface area contributed by atoms with Crippen molar-refractivity contribution in [2.45, 2.75) is 25.2 Å². The Morgan fingerprint density at radius 3 is 2.37 bits per heavy atom. The highest BCUT2D eigenvalue weighted by atomic mass is 16.2. The smallest absolute Gasteiger partial charge is 0.276 e. The van der Waals surface area contributed by atoms with Crippen LogP contribution < -0.4 is 5.32 Å². The van der Waals surface area contributed by atoms with E-state index < -0.39 is 23.3 Å². The lowest BCUT2D eigenvalue weighted by molar-refractivity contribution is -0.145. The Morgan fingerprint density at radius 2 is 1.79 bits per heavy atom. The highest BCUT2D eigenvalue weighted by molar-refractivity contribution is 6.22. The third kappa shape index (κ3) is 1.91. The number of rotatable bonds is 3. The first-order chi connectivity index (χ1) is 9.04. The Labute approximate surface area is 111 Å². The van der Waals surface area contributed by atoms with Crippen molar-refractivity contribution < 1.29 is 14.4 Å². The minimum Gasteiger partial charge on any atom is -0.276 e. The van der Waals surface area contributed by atoms with Gasteiger partial charge in [0.25, 0.3) is 5.91 Å². The van der Waals surface area contributed by atoms with Crippen molar-refractivity contribution >= 4 is 17.8 Å². The second kappa shape index (κ2) is 4.84. The van der Waals surface area contributed by atoms with E-state index in [1.807, 2.05) is 13.0 Å². The lowest BCUT2D eigenvalue weighted by Crippen LogP contribution is -2.64. The van der Waals surface area contributed by atoms with Crippen LogP contribution in [0.3, 0.4) is 0 Å². The second-order valence-electron chi connectivity index (χ2n) is 4.64. The number of amides is 4. The average molecular weight is 260 g/mol. The first-order valence-electron chi connectivity index (χ1n) is 6.23. The number of urea groups is 1. The molecule has 5 heteroatoms. The fourth-order valence-corrected chi connectivity index (χ4v) is 2.48. The quantitative estimate of drug-likeness (QED) is 0.836. The van der Waals surface area contributed by atoms with Gasteiger partial charge in [0.1, 0.15) is 0 Å². The van der Waals surface area contributed by atoms with Crippen LogP contribution in [0, 0.1) is 0 Å². The van der Waals surface area contributed by atoms with Crippen molar-refractivity contribution in [3.63, 3.8) is 0 Å². The Hall–Kier alpha value is -2.17.